The van der Waals surface area contributed by atoms with Gasteiger partial charge < -0.3 is 5.11 Å². The third-order valence-corrected chi connectivity index (χ3v) is 4.02. The minimum atomic E-state index is -0.827. The quantitative estimate of drug-likeness (QED) is 0.657. The van der Waals surface area contributed by atoms with E-state index in [1.807, 2.05) is 4.90 Å². The number of hydrogen-bond acceptors (Lipinski definition) is 4. The third-order valence-electron chi connectivity index (χ3n) is 3.53. The van der Waals surface area contributed by atoms with E-state index in [2.05, 4.69) is 15.9 Å². The molecule has 1 aromatic rings. The van der Waals surface area contributed by atoms with Gasteiger partial charge >= 0.3 is 5.97 Å². The van der Waals surface area contributed by atoms with Crippen molar-refractivity contribution in [3.05, 3.63) is 38.3 Å². The smallest absolute Gasteiger partial charge is 0.304 e. The van der Waals surface area contributed by atoms with Crippen molar-refractivity contribution in [3.63, 3.8) is 0 Å². The average Bonchev–Trinajstić information content (AvgIpc) is 2.78. The van der Waals surface area contributed by atoms with Crippen LogP contribution in [0.4, 0.5) is 5.69 Å². The Morgan fingerprint density at radius 1 is 1.55 bits per heavy atom. The second-order valence-corrected chi connectivity index (χ2v) is 5.81. The van der Waals surface area contributed by atoms with Gasteiger partial charge in [-0.15, -0.1) is 0 Å². The molecular weight excluding hydrogens is 328 g/mol. The SMILES string of the molecule is O=C(O)CC1CCCN1Cc1ccc(Br)cc1[N+](=O)[O-]. The number of nitro groups is 1. The number of benzene rings is 1. The first-order valence-electron chi connectivity index (χ1n) is 6.36. The summed E-state index contributed by atoms with van der Waals surface area (Å²) in [7, 11) is 0. The number of carbonyl (C=O) groups is 1. The fraction of sp³-hybridized carbons (Fsp3) is 0.462. The molecule has 7 heteroatoms. The lowest BCUT2D eigenvalue weighted by atomic mass is 10.1. The van der Waals surface area contributed by atoms with Crippen LogP contribution in [0.1, 0.15) is 24.8 Å². The number of carboxylic acids is 1. The van der Waals surface area contributed by atoms with Crippen molar-refractivity contribution < 1.29 is 14.8 Å². The standard InChI is InChI=1S/C13H15BrN2O4/c14-10-4-3-9(12(6-10)16(19)20)8-15-5-1-2-11(15)7-13(17)18/h3-4,6,11H,1-2,5,7-8H2,(H,17,18). The predicted octanol–water partition coefficient (Wildman–Crippen LogP) is 2.80. The number of rotatable bonds is 5. The van der Waals surface area contributed by atoms with E-state index in [-0.39, 0.29) is 18.2 Å². The third kappa shape index (κ3) is 3.55. The van der Waals surface area contributed by atoms with Crippen molar-refractivity contribution in [1.29, 1.82) is 0 Å². The van der Waals surface area contributed by atoms with E-state index in [0.717, 1.165) is 19.4 Å². The monoisotopic (exact) mass is 342 g/mol. The van der Waals surface area contributed by atoms with Gasteiger partial charge in [-0.1, -0.05) is 15.9 Å². The molecule has 1 atom stereocenters. The largest absolute Gasteiger partial charge is 0.481 e. The molecule has 1 aliphatic heterocycles. The van der Waals surface area contributed by atoms with Crippen molar-refractivity contribution in [1.82, 2.24) is 4.90 Å². The molecule has 1 saturated heterocycles. The van der Waals surface area contributed by atoms with Crippen LogP contribution in [0.2, 0.25) is 0 Å². The Kier molecular flexibility index (Phi) is 4.72. The lowest BCUT2D eigenvalue weighted by Gasteiger charge is -2.23. The number of hydrogen-bond donors (Lipinski definition) is 1. The number of nitro benzene ring substituents is 1. The number of aliphatic carboxylic acids is 1. The van der Waals surface area contributed by atoms with Gasteiger partial charge in [-0.3, -0.25) is 19.8 Å². The van der Waals surface area contributed by atoms with Gasteiger partial charge in [0, 0.05) is 28.7 Å². The average molecular weight is 343 g/mol. The number of halogens is 1. The van der Waals surface area contributed by atoms with E-state index in [0.29, 0.717) is 16.6 Å². The van der Waals surface area contributed by atoms with Gasteiger partial charge in [0.1, 0.15) is 0 Å². The molecule has 0 aliphatic carbocycles. The molecule has 1 unspecified atom stereocenters. The predicted molar refractivity (Wildman–Crippen MR) is 76.5 cm³/mol. The summed E-state index contributed by atoms with van der Waals surface area (Å²) in [6, 6.07) is 4.94. The van der Waals surface area contributed by atoms with Crippen molar-refractivity contribution in [2.24, 2.45) is 0 Å². The summed E-state index contributed by atoms with van der Waals surface area (Å²) in [6.45, 7) is 1.20. The maximum Gasteiger partial charge on any atom is 0.304 e. The molecule has 1 heterocycles. The summed E-state index contributed by atoms with van der Waals surface area (Å²) < 4.78 is 0.663. The molecule has 108 valence electrons. The minimum absolute atomic E-state index is 0.0317. The normalized spacial score (nSPS) is 19.1. The van der Waals surface area contributed by atoms with Crippen molar-refractivity contribution in [2.45, 2.75) is 31.8 Å². The summed E-state index contributed by atoms with van der Waals surface area (Å²) in [5, 5.41) is 20.0. The van der Waals surface area contributed by atoms with Gasteiger partial charge in [-0.05, 0) is 31.5 Å². The second kappa shape index (κ2) is 6.32. The Hall–Kier alpha value is -1.47. The number of nitrogens with zero attached hydrogens (tertiary/aromatic N) is 2. The van der Waals surface area contributed by atoms with Crippen LogP contribution in [0.3, 0.4) is 0 Å². The highest BCUT2D eigenvalue weighted by Crippen LogP contribution is 2.28. The topological polar surface area (TPSA) is 83.7 Å². The molecule has 1 fully saturated rings. The summed E-state index contributed by atoms with van der Waals surface area (Å²) >= 11 is 3.23. The van der Waals surface area contributed by atoms with Crippen LogP contribution in [-0.2, 0) is 11.3 Å². The maximum atomic E-state index is 11.1. The molecule has 20 heavy (non-hydrogen) atoms. The highest BCUT2D eigenvalue weighted by atomic mass is 79.9. The Balaban J connectivity index is 2.17. The second-order valence-electron chi connectivity index (χ2n) is 4.89. The zero-order valence-corrected chi connectivity index (χ0v) is 12.4. The molecule has 0 radical (unpaired) electrons. The lowest BCUT2D eigenvalue weighted by molar-refractivity contribution is -0.385. The summed E-state index contributed by atoms with van der Waals surface area (Å²) in [5.41, 5.74) is 0.691. The molecule has 0 saturated carbocycles. The zero-order chi connectivity index (χ0) is 14.7. The molecule has 0 spiro atoms. The number of carboxylic acid groups (broad SMARTS) is 1. The van der Waals surface area contributed by atoms with Crippen LogP contribution in [0, 0.1) is 10.1 Å². The molecule has 1 aliphatic rings. The van der Waals surface area contributed by atoms with E-state index >= 15 is 0 Å². The summed E-state index contributed by atoms with van der Waals surface area (Å²) in [6.07, 6.45) is 1.85. The van der Waals surface area contributed by atoms with Crippen LogP contribution >= 0.6 is 15.9 Å². The van der Waals surface area contributed by atoms with Crippen molar-refractivity contribution in [3.8, 4) is 0 Å². The molecule has 1 aromatic carbocycles. The highest BCUT2D eigenvalue weighted by Gasteiger charge is 2.28. The van der Waals surface area contributed by atoms with Crippen molar-refractivity contribution in [2.75, 3.05) is 6.54 Å². The van der Waals surface area contributed by atoms with Gasteiger partial charge in [-0.25, -0.2) is 0 Å². The first-order chi connectivity index (χ1) is 9.47. The zero-order valence-electron chi connectivity index (χ0n) is 10.8. The van der Waals surface area contributed by atoms with E-state index in [1.54, 1.807) is 12.1 Å². The fourth-order valence-corrected chi connectivity index (χ4v) is 2.94. The van der Waals surface area contributed by atoms with E-state index in [1.165, 1.54) is 6.07 Å². The molecular formula is C13H15BrN2O4. The Morgan fingerprint density at radius 3 is 2.95 bits per heavy atom. The van der Waals surface area contributed by atoms with Crippen LogP contribution in [0.15, 0.2) is 22.7 Å². The van der Waals surface area contributed by atoms with Crippen LogP contribution in [-0.4, -0.2) is 33.5 Å². The fourth-order valence-electron chi connectivity index (χ4n) is 2.60. The molecule has 2 rings (SSSR count). The van der Waals surface area contributed by atoms with Crippen LogP contribution < -0.4 is 0 Å². The molecule has 0 aromatic heterocycles. The maximum absolute atomic E-state index is 11.1. The highest BCUT2D eigenvalue weighted by molar-refractivity contribution is 9.10. The van der Waals surface area contributed by atoms with Gasteiger partial charge in [-0.2, -0.15) is 0 Å². The molecule has 6 nitrogen and oxygen atoms in total. The van der Waals surface area contributed by atoms with Gasteiger partial charge in [0.05, 0.1) is 11.3 Å². The Labute approximate surface area is 124 Å². The van der Waals surface area contributed by atoms with E-state index < -0.39 is 10.9 Å². The first-order valence-corrected chi connectivity index (χ1v) is 7.15. The summed E-state index contributed by atoms with van der Waals surface area (Å²) in [5.74, 6) is -0.827. The van der Waals surface area contributed by atoms with E-state index in [4.69, 9.17) is 5.11 Å². The van der Waals surface area contributed by atoms with Gasteiger partial charge in [0.2, 0.25) is 0 Å². The molecule has 1 N–H and O–H groups in total. The van der Waals surface area contributed by atoms with Gasteiger partial charge in [0.25, 0.3) is 5.69 Å². The number of likely N-dealkylation sites (tertiary alicyclic amines) is 1. The Morgan fingerprint density at radius 2 is 2.30 bits per heavy atom. The van der Waals surface area contributed by atoms with Gasteiger partial charge in [0.15, 0.2) is 0 Å². The molecule has 0 bridgehead atoms. The van der Waals surface area contributed by atoms with Crippen molar-refractivity contribution >= 4 is 27.6 Å². The minimum Gasteiger partial charge on any atom is -0.481 e. The van der Waals surface area contributed by atoms with Crippen LogP contribution in [0.25, 0.3) is 0 Å². The van der Waals surface area contributed by atoms with Crippen LogP contribution in [0.5, 0.6) is 0 Å². The lowest BCUT2D eigenvalue weighted by Crippen LogP contribution is -2.31. The summed E-state index contributed by atoms with van der Waals surface area (Å²) in [4.78, 5) is 23.5. The Bertz CT molecular complexity index is 535. The molecule has 0 amide bonds. The first kappa shape index (κ1) is 14.9. The van der Waals surface area contributed by atoms with E-state index in [9.17, 15) is 14.9 Å².